The van der Waals surface area contributed by atoms with E-state index < -0.39 is 6.04 Å². The van der Waals surface area contributed by atoms with Crippen molar-refractivity contribution in [1.29, 1.82) is 0 Å². The highest BCUT2D eigenvalue weighted by molar-refractivity contribution is 6.03. The minimum absolute atomic E-state index is 0.265. The van der Waals surface area contributed by atoms with Crippen molar-refractivity contribution in [2.45, 2.75) is 19.9 Å². The Morgan fingerprint density at radius 1 is 0.971 bits per heavy atom. The summed E-state index contributed by atoms with van der Waals surface area (Å²) < 4.78 is 19.0. The molecule has 1 aliphatic heterocycles. The van der Waals surface area contributed by atoms with E-state index in [1.165, 1.54) is 0 Å². The SMILES string of the molecule is CCOC(=O)C1=C(c2ccccc2)Nc2nc3ccccc3n2[C@@H]1c1ccc(OCC)c(OC)c1. The molecule has 5 rings (SSSR count). The number of benzene rings is 3. The van der Waals surface area contributed by atoms with Crippen molar-refractivity contribution in [3.8, 4) is 11.5 Å². The second-order valence-electron chi connectivity index (χ2n) is 8.04. The second-order valence-corrected chi connectivity index (χ2v) is 8.04. The normalized spacial score (nSPS) is 14.9. The van der Waals surface area contributed by atoms with Crippen molar-refractivity contribution in [3.05, 3.63) is 89.5 Å². The zero-order valence-electron chi connectivity index (χ0n) is 19.9. The molecule has 0 aliphatic carbocycles. The zero-order valence-corrected chi connectivity index (χ0v) is 19.9. The first kappa shape index (κ1) is 22.5. The van der Waals surface area contributed by atoms with Gasteiger partial charge in [-0.2, -0.15) is 0 Å². The summed E-state index contributed by atoms with van der Waals surface area (Å²) >= 11 is 0. The van der Waals surface area contributed by atoms with E-state index in [1.807, 2.05) is 91.2 Å². The molecule has 1 N–H and O–H groups in total. The van der Waals surface area contributed by atoms with Crippen LogP contribution in [0.3, 0.4) is 0 Å². The average Bonchev–Trinajstić information content (AvgIpc) is 3.27. The number of ether oxygens (including phenoxy) is 3. The minimum Gasteiger partial charge on any atom is -0.493 e. The standard InChI is InChI=1S/C28H27N3O4/c1-4-34-22-16-15-19(17-23(22)33-3)26-24(27(32)35-5-2)25(18-11-7-6-8-12-18)30-28-29-20-13-9-10-14-21(20)31(26)28/h6-17,26H,4-5H2,1-3H3,(H,29,30)/t26-/m1/s1. The molecule has 1 atom stereocenters. The fraction of sp³-hybridized carbons (Fsp3) is 0.214. The smallest absolute Gasteiger partial charge is 0.338 e. The van der Waals surface area contributed by atoms with E-state index in [0.29, 0.717) is 35.3 Å². The number of hydrogen-bond acceptors (Lipinski definition) is 6. The summed E-state index contributed by atoms with van der Waals surface area (Å²) in [7, 11) is 1.61. The third kappa shape index (κ3) is 3.99. The van der Waals surface area contributed by atoms with Gasteiger partial charge < -0.3 is 19.5 Å². The average molecular weight is 470 g/mol. The summed E-state index contributed by atoms with van der Waals surface area (Å²) in [6.45, 7) is 4.52. The van der Waals surface area contributed by atoms with Gasteiger partial charge in [0, 0.05) is 0 Å². The number of hydrogen-bond donors (Lipinski definition) is 1. The predicted molar refractivity (Wildman–Crippen MR) is 136 cm³/mol. The molecule has 178 valence electrons. The number of fused-ring (bicyclic) bond motifs is 3. The summed E-state index contributed by atoms with van der Waals surface area (Å²) in [5.74, 6) is 1.50. The minimum atomic E-state index is -0.502. The van der Waals surface area contributed by atoms with Crippen molar-refractivity contribution in [1.82, 2.24) is 9.55 Å². The second kappa shape index (κ2) is 9.54. The molecule has 0 radical (unpaired) electrons. The molecule has 7 heteroatoms. The topological polar surface area (TPSA) is 74.6 Å². The molecule has 0 saturated carbocycles. The molecule has 0 unspecified atom stereocenters. The fourth-order valence-electron chi connectivity index (χ4n) is 4.54. The highest BCUT2D eigenvalue weighted by atomic mass is 16.5. The molecule has 35 heavy (non-hydrogen) atoms. The Kier molecular flexibility index (Phi) is 6.14. The van der Waals surface area contributed by atoms with Crippen LogP contribution in [-0.4, -0.2) is 35.8 Å². The van der Waals surface area contributed by atoms with Crippen LogP contribution < -0.4 is 14.8 Å². The van der Waals surface area contributed by atoms with Crippen molar-refractivity contribution in [2.75, 3.05) is 25.6 Å². The van der Waals surface area contributed by atoms with Crippen LogP contribution in [0.4, 0.5) is 5.95 Å². The molecule has 3 aromatic carbocycles. The van der Waals surface area contributed by atoms with Crippen molar-refractivity contribution in [2.24, 2.45) is 0 Å². The van der Waals surface area contributed by atoms with Crippen molar-refractivity contribution < 1.29 is 19.0 Å². The van der Waals surface area contributed by atoms with Crippen molar-refractivity contribution >= 4 is 28.6 Å². The van der Waals surface area contributed by atoms with Crippen LogP contribution in [0.25, 0.3) is 16.7 Å². The highest BCUT2D eigenvalue weighted by Crippen LogP contribution is 2.44. The van der Waals surface area contributed by atoms with E-state index in [1.54, 1.807) is 7.11 Å². The van der Waals surface area contributed by atoms with Gasteiger partial charge in [0.15, 0.2) is 11.5 Å². The van der Waals surface area contributed by atoms with Gasteiger partial charge in [0.1, 0.15) is 0 Å². The van der Waals surface area contributed by atoms with Crippen LogP contribution in [0.1, 0.15) is 31.0 Å². The van der Waals surface area contributed by atoms with E-state index >= 15 is 0 Å². The first-order chi connectivity index (χ1) is 17.2. The number of nitrogens with one attached hydrogen (secondary N) is 1. The van der Waals surface area contributed by atoms with Crippen LogP contribution in [0, 0.1) is 0 Å². The van der Waals surface area contributed by atoms with Crippen LogP contribution in [0.5, 0.6) is 11.5 Å². The van der Waals surface area contributed by atoms with Gasteiger partial charge in [0.05, 0.1) is 48.7 Å². The van der Waals surface area contributed by atoms with Gasteiger partial charge in [0.2, 0.25) is 5.95 Å². The molecule has 1 aromatic heterocycles. The molecule has 0 bridgehead atoms. The van der Waals surface area contributed by atoms with Crippen LogP contribution in [0.2, 0.25) is 0 Å². The van der Waals surface area contributed by atoms with E-state index in [4.69, 9.17) is 19.2 Å². The first-order valence-corrected chi connectivity index (χ1v) is 11.7. The van der Waals surface area contributed by atoms with E-state index in [-0.39, 0.29) is 12.6 Å². The number of imidazole rings is 1. The maximum absolute atomic E-state index is 13.5. The van der Waals surface area contributed by atoms with Crippen LogP contribution in [0.15, 0.2) is 78.4 Å². The number of anilines is 1. The Hall–Kier alpha value is -4.26. The molecule has 0 amide bonds. The number of methoxy groups -OCH3 is 1. The van der Waals surface area contributed by atoms with Gasteiger partial charge in [-0.15, -0.1) is 0 Å². The van der Waals surface area contributed by atoms with Crippen molar-refractivity contribution in [3.63, 3.8) is 0 Å². The van der Waals surface area contributed by atoms with Gasteiger partial charge in [-0.25, -0.2) is 9.78 Å². The fourth-order valence-corrected chi connectivity index (χ4v) is 4.54. The number of aromatic nitrogens is 2. The Balaban J connectivity index is 1.81. The van der Waals surface area contributed by atoms with E-state index in [9.17, 15) is 4.79 Å². The summed E-state index contributed by atoms with van der Waals surface area (Å²) in [4.78, 5) is 18.4. The summed E-state index contributed by atoms with van der Waals surface area (Å²) in [6, 6.07) is 22.9. The quantitative estimate of drug-likeness (QED) is 0.364. The van der Waals surface area contributed by atoms with E-state index in [2.05, 4.69) is 5.32 Å². The Morgan fingerprint density at radius 2 is 1.74 bits per heavy atom. The number of nitrogens with zero attached hydrogens (tertiary/aromatic N) is 2. The molecule has 0 saturated heterocycles. The number of carbonyl (C=O) groups is 1. The largest absolute Gasteiger partial charge is 0.493 e. The molecule has 1 aliphatic rings. The summed E-state index contributed by atoms with van der Waals surface area (Å²) in [5.41, 5.74) is 4.63. The molecule has 4 aromatic rings. The third-order valence-electron chi connectivity index (χ3n) is 5.99. The summed E-state index contributed by atoms with van der Waals surface area (Å²) in [6.07, 6.45) is 0. The molecule has 0 fully saturated rings. The third-order valence-corrected chi connectivity index (χ3v) is 5.99. The Labute approximate surface area is 204 Å². The summed E-state index contributed by atoms with van der Waals surface area (Å²) in [5, 5.41) is 3.43. The molecular formula is C28H27N3O4. The van der Waals surface area contributed by atoms with Gasteiger partial charge >= 0.3 is 5.97 Å². The van der Waals surface area contributed by atoms with Crippen LogP contribution in [-0.2, 0) is 9.53 Å². The van der Waals surface area contributed by atoms with Gasteiger partial charge in [-0.05, 0) is 49.2 Å². The highest BCUT2D eigenvalue weighted by Gasteiger charge is 2.37. The lowest BCUT2D eigenvalue weighted by atomic mass is 9.92. The number of para-hydroxylation sites is 2. The van der Waals surface area contributed by atoms with Crippen LogP contribution >= 0.6 is 0 Å². The molecular weight excluding hydrogens is 442 g/mol. The van der Waals surface area contributed by atoms with E-state index in [0.717, 1.165) is 22.2 Å². The number of rotatable bonds is 7. The molecule has 7 nitrogen and oxygen atoms in total. The lowest BCUT2D eigenvalue weighted by Gasteiger charge is -2.31. The maximum atomic E-state index is 13.5. The monoisotopic (exact) mass is 469 g/mol. The lowest BCUT2D eigenvalue weighted by Crippen LogP contribution is -2.29. The Bertz CT molecular complexity index is 1410. The first-order valence-electron chi connectivity index (χ1n) is 11.7. The van der Waals surface area contributed by atoms with Gasteiger partial charge in [-0.3, -0.25) is 4.57 Å². The zero-order chi connectivity index (χ0) is 24.4. The maximum Gasteiger partial charge on any atom is 0.338 e. The number of carbonyl (C=O) groups excluding carboxylic acids is 1. The number of esters is 1. The molecule has 2 heterocycles. The van der Waals surface area contributed by atoms with Gasteiger partial charge in [-0.1, -0.05) is 48.5 Å². The predicted octanol–water partition coefficient (Wildman–Crippen LogP) is 5.43. The Morgan fingerprint density at radius 3 is 2.49 bits per heavy atom. The molecule has 0 spiro atoms. The van der Waals surface area contributed by atoms with Gasteiger partial charge in [0.25, 0.3) is 0 Å². The lowest BCUT2D eigenvalue weighted by molar-refractivity contribution is -0.138.